The van der Waals surface area contributed by atoms with Gasteiger partial charge in [0.15, 0.2) is 10.2 Å². The van der Waals surface area contributed by atoms with Crippen LogP contribution in [-0.2, 0) is 15.1 Å². The van der Waals surface area contributed by atoms with Crippen molar-refractivity contribution in [1.82, 2.24) is 5.32 Å². The summed E-state index contributed by atoms with van der Waals surface area (Å²) in [5.41, 5.74) is -1.24. The van der Waals surface area contributed by atoms with Gasteiger partial charge in [-0.3, -0.25) is 5.32 Å². The second kappa shape index (κ2) is 5.42. The maximum absolute atomic E-state index is 11.5. The second-order valence-electron chi connectivity index (χ2n) is 4.55. The zero-order chi connectivity index (χ0) is 13.2. The fourth-order valence-electron chi connectivity index (χ4n) is 1.97. The maximum Gasteiger partial charge on any atom is 0.331 e. The van der Waals surface area contributed by atoms with Crippen molar-refractivity contribution < 1.29 is 19.1 Å². The SMILES string of the molecule is CC(NCC1CCCO1)(C(=O)O)c1ccc(Br)o1. The average molecular weight is 318 g/mol. The Bertz CT molecular complexity index is 427. The molecule has 2 atom stereocenters. The number of ether oxygens (including phenoxy) is 1. The van der Waals surface area contributed by atoms with Crippen LogP contribution < -0.4 is 5.32 Å². The van der Waals surface area contributed by atoms with E-state index >= 15 is 0 Å². The monoisotopic (exact) mass is 317 g/mol. The molecule has 2 rings (SSSR count). The Kier molecular flexibility index (Phi) is 4.09. The summed E-state index contributed by atoms with van der Waals surface area (Å²) in [5, 5.41) is 12.4. The minimum atomic E-state index is -1.24. The number of hydrogen-bond donors (Lipinski definition) is 2. The van der Waals surface area contributed by atoms with Crippen LogP contribution in [0.3, 0.4) is 0 Å². The van der Waals surface area contributed by atoms with Gasteiger partial charge in [-0.25, -0.2) is 4.79 Å². The molecule has 1 saturated heterocycles. The van der Waals surface area contributed by atoms with Crippen LogP contribution in [0, 0.1) is 0 Å². The molecule has 1 aliphatic rings. The summed E-state index contributed by atoms with van der Waals surface area (Å²) in [6.07, 6.45) is 2.08. The molecule has 0 bridgehead atoms. The number of carbonyl (C=O) groups is 1. The van der Waals surface area contributed by atoms with Crippen molar-refractivity contribution in [3.8, 4) is 0 Å². The average Bonchev–Trinajstić information content (AvgIpc) is 2.96. The van der Waals surface area contributed by atoms with Gasteiger partial charge in [-0.15, -0.1) is 0 Å². The molecule has 1 aliphatic heterocycles. The molecular weight excluding hydrogens is 302 g/mol. The van der Waals surface area contributed by atoms with Crippen molar-refractivity contribution in [3.05, 3.63) is 22.6 Å². The molecule has 0 radical (unpaired) electrons. The quantitative estimate of drug-likeness (QED) is 0.870. The Morgan fingerprint density at radius 3 is 2.94 bits per heavy atom. The Morgan fingerprint density at radius 2 is 2.44 bits per heavy atom. The first-order chi connectivity index (χ1) is 8.52. The van der Waals surface area contributed by atoms with E-state index in [4.69, 9.17) is 9.15 Å². The van der Waals surface area contributed by atoms with E-state index in [0.717, 1.165) is 19.4 Å². The number of carboxylic acid groups (broad SMARTS) is 1. The van der Waals surface area contributed by atoms with Gasteiger partial charge in [-0.2, -0.15) is 0 Å². The van der Waals surface area contributed by atoms with E-state index in [1.807, 2.05) is 0 Å². The molecule has 0 saturated carbocycles. The third-order valence-electron chi connectivity index (χ3n) is 3.20. The summed E-state index contributed by atoms with van der Waals surface area (Å²) in [6, 6.07) is 3.34. The molecule has 2 heterocycles. The number of halogens is 1. The first-order valence-electron chi connectivity index (χ1n) is 5.88. The molecule has 2 N–H and O–H groups in total. The van der Waals surface area contributed by atoms with Crippen molar-refractivity contribution in [2.75, 3.05) is 13.2 Å². The molecule has 1 aromatic heterocycles. The molecule has 0 aromatic carbocycles. The second-order valence-corrected chi connectivity index (χ2v) is 5.33. The van der Waals surface area contributed by atoms with Crippen LogP contribution in [0.4, 0.5) is 0 Å². The molecule has 18 heavy (non-hydrogen) atoms. The summed E-state index contributed by atoms with van der Waals surface area (Å²) in [5.74, 6) is -0.595. The predicted molar refractivity (Wildman–Crippen MR) is 68.4 cm³/mol. The predicted octanol–water partition coefficient (Wildman–Crippen LogP) is 2.11. The van der Waals surface area contributed by atoms with E-state index in [-0.39, 0.29) is 6.10 Å². The Morgan fingerprint density at radius 1 is 1.67 bits per heavy atom. The molecule has 0 spiro atoms. The summed E-state index contributed by atoms with van der Waals surface area (Å²) in [4.78, 5) is 11.5. The lowest BCUT2D eigenvalue weighted by Crippen LogP contribution is -2.49. The van der Waals surface area contributed by atoms with Crippen LogP contribution in [0.1, 0.15) is 25.5 Å². The highest BCUT2D eigenvalue weighted by Crippen LogP contribution is 2.26. The van der Waals surface area contributed by atoms with Crippen molar-refractivity contribution in [3.63, 3.8) is 0 Å². The van der Waals surface area contributed by atoms with E-state index < -0.39 is 11.5 Å². The van der Waals surface area contributed by atoms with Crippen molar-refractivity contribution >= 4 is 21.9 Å². The number of aliphatic carboxylic acids is 1. The molecule has 1 fully saturated rings. The normalized spacial score (nSPS) is 22.9. The lowest BCUT2D eigenvalue weighted by atomic mass is 9.99. The van der Waals surface area contributed by atoms with E-state index in [9.17, 15) is 9.90 Å². The molecule has 0 aliphatic carbocycles. The minimum absolute atomic E-state index is 0.0853. The highest BCUT2D eigenvalue weighted by molar-refractivity contribution is 9.10. The summed E-state index contributed by atoms with van der Waals surface area (Å²) in [7, 11) is 0. The largest absolute Gasteiger partial charge is 0.480 e. The van der Waals surface area contributed by atoms with Crippen LogP contribution in [0.5, 0.6) is 0 Å². The topological polar surface area (TPSA) is 71.7 Å². The standard InChI is InChI=1S/C12H16BrNO4/c1-12(11(15)16,9-4-5-10(13)18-9)14-7-8-3-2-6-17-8/h4-5,8,14H,2-3,6-7H2,1H3,(H,15,16). The Hall–Kier alpha value is -0.850. The summed E-state index contributed by atoms with van der Waals surface area (Å²) < 4.78 is 11.3. The number of hydrogen-bond acceptors (Lipinski definition) is 4. The van der Waals surface area contributed by atoms with Gasteiger partial charge in [-0.05, 0) is 47.8 Å². The highest BCUT2D eigenvalue weighted by Gasteiger charge is 2.38. The van der Waals surface area contributed by atoms with Crippen LogP contribution in [0.15, 0.2) is 21.2 Å². The molecule has 5 nitrogen and oxygen atoms in total. The summed E-state index contributed by atoms with van der Waals surface area (Å²) in [6.45, 7) is 2.85. The van der Waals surface area contributed by atoms with E-state index in [1.54, 1.807) is 19.1 Å². The first kappa shape index (κ1) is 13.6. The molecule has 2 unspecified atom stereocenters. The fraction of sp³-hybridized carbons (Fsp3) is 0.583. The van der Waals surface area contributed by atoms with Crippen LogP contribution in [0.25, 0.3) is 0 Å². The van der Waals surface area contributed by atoms with Crippen molar-refractivity contribution in [2.24, 2.45) is 0 Å². The van der Waals surface area contributed by atoms with E-state index in [1.165, 1.54) is 0 Å². The van der Waals surface area contributed by atoms with E-state index in [0.29, 0.717) is 17.0 Å². The lowest BCUT2D eigenvalue weighted by molar-refractivity contribution is -0.145. The van der Waals surface area contributed by atoms with Gasteiger partial charge in [0.05, 0.1) is 6.10 Å². The van der Waals surface area contributed by atoms with Gasteiger partial charge in [0, 0.05) is 13.2 Å². The van der Waals surface area contributed by atoms with E-state index in [2.05, 4.69) is 21.2 Å². The maximum atomic E-state index is 11.5. The molecule has 100 valence electrons. The zero-order valence-corrected chi connectivity index (χ0v) is 11.7. The minimum Gasteiger partial charge on any atom is -0.480 e. The smallest absolute Gasteiger partial charge is 0.331 e. The van der Waals surface area contributed by atoms with Gasteiger partial charge in [0.2, 0.25) is 0 Å². The number of carboxylic acids is 1. The van der Waals surface area contributed by atoms with Crippen LogP contribution in [-0.4, -0.2) is 30.3 Å². The number of rotatable bonds is 5. The van der Waals surface area contributed by atoms with Gasteiger partial charge < -0.3 is 14.3 Å². The van der Waals surface area contributed by atoms with Crippen LogP contribution >= 0.6 is 15.9 Å². The van der Waals surface area contributed by atoms with Gasteiger partial charge >= 0.3 is 5.97 Å². The van der Waals surface area contributed by atoms with Crippen molar-refractivity contribution in [1.29, 1.82) is 0 Å². The first-order valence-corrected chi connectivity index (χ1v) is 6.67. The molecule has 6 heteroatoms. The Labute approximate surface area is 114 Å². The fourth-order valence-corrected chi connectivity index (χ4v) is 2.28. The zero-order valence-electron chi connectivity index (χ0n) is 10.1. The summed E-state index contributed by atoms with van der Waals surface area (Å²) >= 11 is 3.18. The lowest BCUT2D eigenvalue weighted by Gasteiger charge is -2.25. The highest BCUT2D eigenvalue weighted by atomic mass is 79.9. The molecular formula is C12H16BrNO4. The molecule has 1 aromatic rings. The third kappa shape index (κ3) is 2.76. The van der Waals surface area contributed by atoms with Gasteiger partial charge in [0.1, 0.15) is 5.76 Å². The number of furan rings is 1. The third-order valence-corrected chi connectivity index (χ3v) is 3.63. The van der Waals surface area contributed by atoms with Gasteiger partial charge in [0.25, 0.3) is 0 Å². The van der Waals surface area contributed by atoms with Crippen LogP contribution in [0.2, 0.25) is 0 Å². The molecule has 0 amide bonds. The van der Waals surface area contributed by atoms with Crippen molar-refractivity contribution in [2.45, 2.75) is 31.4 Å². The Balaban J connectivity index is 2.08. The van der Waals surface area contributed by atoms with Gasteiger partial charge in [-0.1, -0.05) is 0 Å². The number of nitrogens with one attached hydrogen (secondary N) is 1.